The van der Waals surface area contributed by atoms with Crippen molar-refractivity contribution >= 4 is 17.3 Å². The van der Waals surface area contributed by atoms with Gasteiger partial charge in [-0.15, -0.1) is 15.3 Å². The maximum absolute atomic E-state index is 4.61. The Bertz CT molecular complexity index is 852. The van der Waals surface area contributed by atoms with Crippen molar-refractivity contribution in [2.45, 2.75) is 19.9 Å². The Balaban J connectivity index is 1.48. The van der Waals surface area contributed by atoms with Crippen molar-refractivity contribution in [3.8, 4) is 0 Å². The molecule has 3 aromatic heterocycles. The van der Waals surface area contributed by atoms with Gasteiger partial charge < -0.3 is 9.80 Å². The minimum Gasteiger partial charge on any atom is -0.352 e. The summed E-state index contributed by atoms with van der Waals surface area (Å²) in [7, 11) is 2.06. The van der Waals surface area contributed by atoms with Crippen LogP contribution in [0.25, 0.3) is 5.65 Å². The molecule has 0 saturated carbocycles. The molecule has 0 unspecified atom stereocenters. The molecule has 0 aliphatic carbocycles. The minimum atomic E-state index is 0.408. The van der Waals surface area contributed by atoms with Gasteiger partial charge in [0.1, 0.15) is 11.6 Å². The molecular weight excluding hydrogens is 292 g/mol. The molecule has 4 rings (SSSR count). The Hall–Kier alpha value is -2.77. The standard InChI is InChI=1S/C15H18N8/c1-10-6-16-7-15(17-10)21(3)12-8-22(9-12)14-5-4-13-19-18-11(2)23(13)20-14/h4-7,12H,8-9H2,1-3H3. The molecule has 0 amide bonds. The third-order valence-corrected chi connectivity index (χ3v) is 4.24. The van der Waals surface area contributed by atoms with Crippen LogP contribution in [0, 0.1) is 13.8 Å². The van der Waals surface area contributed by atoms with Crippen molar-refractivity contribution in [1.29, 1.82) is 0 Å². The van der Waals surface area contributed by atoms with Gasteiger partial charge in [0.15, 0.2) is 11.5 Å². The lowest BCUT2D eigenvalue weighted by molar-refractivity contribution is 0.486. The predicted molar refractivity (Wildman–Crippen MR) is 86.7 cm³/mol. The molecule has 0 atom stereocenters. The Labute approximate surface area is 133 Å². The lowest BCUT2D eigenvalue weighted by Gasteiger charge is -2.44. The van der Waals surface area contributed by atoms with E-state index in [1.807, 2.05) is 26.0 Å². The molecule has 8 nitrogen and oxygen atoms in total. The highest BCUT2D eigenvalue weighted by Gasteiger charge is 2.32. The molecule has 4 heterocycles. The van der Waals surface area contributed by atoms with E-state index < -0.39 is 0 Å². The quantitative estimate of drug-likeness (QED) is 0.710. The van der Waals surface area contributed by atoms with Gasteiger partial charge in [0.2, 0.25) is 0 Å². The highest BCUT2D eigenvalue weighted by molar-refractivity contribution is 5.50. The molecule has 1 aliphatic rings. The first-order chi connectivity index (χ1) is 11.1. The van der Waals surface area contributed by atoms with Gasteiger partial charge in [0, 0.05) is 26.3 Å². The molecule has 0 aromatic carbocycles. The summed E-state index contributed by atoms with van der Waals surface area (Å²) in [6.45, 7) is 5.68. The summed E-state index contributed by atoms with van der Waals surface area (Å²) in [6.07, 6.45) is 3.57. The molecule has 0 bridgehead atoms. The molecule has 118 valence electrons. The molecule has 1 aliphatic heterocycles. The minimum absolute atomic E-state index is 0.408. The van der Waals surface area contributed by atoms with Crippen LogP contribution in [0.4, 0.5) is 11.6 Å². The number of nitrogens with zero attached hydrogens (tertiary/aromatic N) is 8. The summed E-state index contributed by atoms with van der Waals surface area (Å²) in [5, 5.41) is 12.7. The zero-order valence-corrected chi connectivity index (χ0v) is 13.4. The van der Waals surface area contributed by atoms with Crippen LogP contribution in [0.3, 0.4) is 0 Å². The van der Waals surface area contributed by atoms with Crippen LogP contribution in [0.1, 0.15) is 11.5 Å². The third-order valence-electron chi connectivity index (χ3n) is 4.24. The summed E-state index contributed by atoms with van der Waals surface area (Å²) < 4.78 is 1.78. The van der Waals surface area contributed by atoms with Gasteiger partial charge in [-0.3, -0.25) is 4.98 Å². The largest absolute Gasteiger partial charge is 0.352 e. The SMILES string of the molecule is Cc1cncc(N(C)C2CN(c3ccc4nnc(C)n4n3)C2)n1. The van der Waals surface area contributed by atoms with Crippen LogP contribution >= 0.6 is 0 Å². The van der Waals surface area contributed by atoms with Crippen LogP contribution < -0.4 is 9.80 Å². The number of fused-ring (bicyclic) bond motifs is 1. The molecule has 1 fully saturated rings. The van der Waals surface area contributed by atoms with Crippen LogP contribution in [-0.4, -0.2) is 56.0 Å². The molecule has 0 N–H and O–H groups in total. The van der Waals surface area contributed by atoms with E-state index >= 15 is 0 Å². The monoisotopic (exact) mass is 310 g/mol. The maximum atomic E-state index is 4.61. The van der Waals surface area contributed by atoms with Crippen LogP contribution in [0.15, 0.2) is 24.5 Å². The number of aromatic nitrogens is 6. The zero-order chi connectivity index (χ0) is 16.0. The van der Waals surface area contributed by atoms with Crippen molar-refractivity contribution in [2.75, 3.05) is 29.9 Å². The second-order valence-electron chi connectivity index (χ2n) is 5.90. The summed E-state index contributed by atoms with van der Waals surface area (Å²) in [6, 6.07) is 4.35. The topological polar surface area (TPSA) is 75.3 Å². The highest BCUT2D eigenvalue weighted by Crippen LogP contribution is 2.24. The number of hydrogen-bond donors (Lipinski definition) is 0. The summed E-state index contributed by atoms with van der Waals surface area (Å²) in [5.74, 6) is 2.65. The van der Waals surface area contributed by atoms with Gasteiger partial charge in [-0.1, -0.05) is 0 Å². The van der Waals surface area contributed by atoms with E-state index in [0.29, 0.717) is 6.04 Å². The van der Waals surface area contributed by atoms with Gasteiger partial charge in [0.25, 0.3) is 0 Å². The number of anilines is 2. The van der Waals surface area contributed by atoms with Crippen LogP contribution in [0.5, 0.6) is 0 Å². The number of rotatable bonds is 3. The predicted octanol–water partition coefficient (Wildman–Crippen LogP) is 0.856. The smallest absolute Gasteiger partial charge is 0.178 e. The van der Waals surface area contributed by atoms with Crippen molar-refractivity contribution in [2.24, 2.45) is 0 Å². The highest BCUT2D eigenvalue weighted by atomic mass is 15.4. The fourth-order valence-electron chi connectivity index (χ4n) is 2.75. The lowest BCUT2D eigenvalue weighted by atomic mass is 10.1. The zero-order valence-electron chi connectivity index (χ0n) is 13.4. The first-order valence-corrected chi connectivity index (χ1v) is 7.57. The van der Waals surface area contributed by atoms with E-state index in [2.05, 4.69) is 42.1 Å². The van der Waals surface area contributed by atoms with Gasteiger partial charge in [-0.2, -0.15) is 4.52 Å². The summed E-state index contributed by atoms with van der Waals surface area (Å²) in [4.78, 5) is 13.2. The van der Waals surface area contributed by atoms with E-state index in [0.717, 1.165) is 41.9 Å². The molecular formula is C15H18N8. The molecule has 0 radical (unpaired) electrons. The van der Waals surface area contributed by atoms with Crippen molar-refractivity contribution in [3.05, 3.63) is 36.0 Å². The van der Waals surface area contributed by atoms with Crippen molar-refractivity contribution < 1.29 is 0 Å². The van der Waals surface area contributed by atoms with Gasteiger partial charge in [-0.05, 0) is 26.0 Å². The fraction of sp³-hybridized carbons (Fsp3) is 0.400. The van der Waals surface area contributed by atoms with E-state index in [-0.39, 0.29) is 0 Å². The summed E-state index contributed by atoms with van der Waals surface area (Å²) >= 11 is 0. The maximum Gasteiger partial charge on any atom is 0.178 e. The van der Waals surface area contributed by atoms with Gasteiger partial charge >= 0.3 is 0 Å². The van der Waals surface area contributed by atoms with Crippen molar-refractivity contribution in [1.82, 2.24) is 29.8 Å². The fourth-order valence-corrected chi connectivity index (χ4v) is 2.75. The first kappa shape index (κ1) is 13.9. The van der Waals surface area contributed by atoms with E-state index in [4.69, 9.17) is 0 Å². The average Bonchev–Trinajstić information content (AvgIpc) is 2.87. The van der Waals surface area contributed by atoms with E-state index in [1.165, 1.54) is 0 Å². The van der Waals surface area contributed by atoms with Crippen LogP contribution in [0.2, 0.25) is 0 Å². The van der Waals surface area contributed by atoms with Gasteiger partial charge in [-0.25, -0.2) is 4.98 Å². The first-order valence-electron chi connectivity index (χ1n) is 7.57. The molecule has 3 aromatic rings. The second kappa shape index (κ2) is 5.15. The number of hydrogen-bond acceptors (Lipinski definition) is 7. The molecule has 8 heteroatoms. The Morgan fingerprint density at radius 1 is 1.13 bits per heavy atom. The van der Waals surface area contributed by atoms with Crippen molar-refractivity contribution in [3.63, 3.8) is 0 Å². The van der Waals surface area contributed by atoms with E-state index in [1.54, 1.807) is 16.9 Å². The van der Waals surface area contributed by atoms with E-state index in [9.17, 15) is 0 Å². The molecule has 1 saturated heterocycles. The molecule has 0 spiro atoms. The number of aryl methyl sites for hydroxylation is 2. The Morgan fingerprint density at radius 3 is 2.74 bits per heavy atom. The Kier molecular flexibility index (Phi) is 3.10. The summed E-state index contributed by atoms with van der Waals surface area (Å²) in [5.41, 5.74) is 1.70. The molecule has 23 heavy (non-hydrogen) atoms. The Morgan fingerprint density at radius 2 is 1.96 bits per heavy atom. The average molecular weight is 310 g/mol. The lowest BCUT2D eigenvalue weighted by Crippen LogP contribution is -2.59. The van der Waals surface area contributed by atoms with Crippen LogP contribution in [-0.2, 0) is 0 Å². The van der Waals surface area contributed by atoms with Gasteiger partial charge in [0.05, 0.1) is 17.9 Å². The third kappa shape index (κ3) is 2.36. The second-order valence-corrected chi connectivity index (χ2v) is 5.90. The number of likely N-dealkylation sites (N-methyl/N-ethyl adjacent to an activating group) is 1. The normalized spacial score (nSPS) is 15.0.